The van der Waals surface area contributed by atoms with E-state index in [2.05, 4.69) is 24.1 Å². The minimum absolute atomic E-state index is 0.371. The van der Waals surface area contributed by atoms with Crippen molar-refractivity contribution in [3.05, 3.63) is 0 Å². The lowest BCUT2D eigenvalue weighted by Gasteiger charge is -2.57. The van der Waals surface area contributed by atoms with E-state index in [0.29, 0.717) is 17.1 Å². The first-order chi connectivity index (χ1) is 10.1. The van der Waals surface area contributed by atoms with E-state index in [0.717, 1.165) is 18.9 Å². The Morgan fingerprint density at radius 1 is 1.24 bits per heavy atom. The molecule has 1 heterocycles. The van der Waals surface area contributed by atoms with Crippen LogP contribution >= 0.6 is 0 Å². The molecule has 3 rings (SSSR count). The summed E-state index contributed by atoms with van der Waals surface area (Å²) in [7, 11) is 1.83. The second-order valence-electron chi connectivity index (χ2n) is 8.08. The Kier molecular flexibility index (Phi) is 4.63. The van der Waals surface area contributed by atoms with Crippen LogP contribution in [-0.4, -0.2) is 48.8 Å². The number of ether oxygens (including phenoxy) is 1. The summed E-state index contributed by atoms with van der Waals surface area (Å²) in [6, 6.07) is 0.636. The van der Waals surface area contributed by atoms with E-state index >= 15 is 0 Å². The summed E-state index contributed by atoms with van der Waals surface area (Å²) in [5.74, 6) is 0.913. The summed E-state index contributed by atoms with van der Waals surface area (Å²) in [5.41, 5.74) is 0.782. The molecule has 0 aromatic carbocycles. The molecule has 0 radical (unpaired) electrons. The molecule has 3 nitrogen and oxygen atoms in total. The van der Waals surface area contributed by atoms with E-state index in [9.17, 15) is 0 Å². The third-order valence-electron chi connectivity index (χ3n) is 6.49. The maximum atomic E-state index is 5.34. The SMILES string of the molecule is COCCC(C)N1CC2(CCCCC2)NCC1(C)C1CC1. The van der Waals surface area contributed by atoms with Gasteiger partial charge in [0, 0.05) is 43.9 Å². The van der Waals surface area contributed by atoms with Gasteiger partial charge < -0.3 is 10.1 Å². The maximum absolute atomic E-state index is 5.34. The summed E-state index contributed by atoms with van der Waals surface area (Å²) in [6.45, 7) is 8.26. The lowest BCUT2D eigenvalue weighted by atomic mass is 9.75. The Labute approximate surface area is 130 Å². The lowest BCUT2D eigenvalue weighted by molar-refractivity contribution is -0.0423. The van der Waals surface area contributed by atoms with Gasteiger partial charge in [0.2, 0.25) is 0 Å². The molecule has 3 aliphatic rings. The van der Waals surface area contributed by atoms with Crippen LogP contribution in [0.5, 0.6) is 0 Å². The number of piperazine rings is 1. The first-order valence-corrected chi connectivity index (χ1v) is 9.10. The van der Waals surface area contributed by atoms with Crippen molar-refractivity contribution in [2.24, 2.45) is 5.92 Å². The molecule has 0 aromatic heterocycles. The van der Waals surface area contributed by atoms with Crippen LogP contribution in [0.4, 0.5) is 0 Å². The Hall–Kier alpha value is -0.120. The molecular formula is C18H34N2O. The molecule has 21 heavy (non-hydrogen) atoms. The molecule has 2 saturated carbocycles. The molecule has 2 unspecified atom stereocenters. The van der Waals surface area contributed by atoms with E-state index < -0.39 is 0 Å². The first-order valence-electron chi connectivity index (χ1n) is 9.10. The molecule has 1 N–H and O–H groups in total. The fraction of sp³-hybridized carbons (Fsp3) is 1.00. The molecule has 2 atom stereocenters. The average Bonchev–Trinajstić information content (AvgIpc) is 3.34. The van der Waals surface area contributed by atoms with Crippen molar-refractivity contribution in [1.29, 1.82) is 0 Å². The van der Waals surface area contributed by atoms with Crippen molar-refractivity contribution < 1.29 is 4.74 Å². The Morgan fingerprint density at radius 2 is 1.95 bits per heavy atom. The van der Waals surface area contributed by atoms with Crippen molar-refractivity contribution in [2.75, 3.05) is 26.8 Å². The van der Waals surface area contributed by atoms with Crippen LogP contribution in [0.1, 0.15) is 65.2 Å². The van der Waals surface area contributed by atoms with Crippen LogP contribution in [0.3, 0.4) is 0 Å². The largest absolute Gasteiger partial charge is 0.385 e. The van der Waals surface area contributed by atoms with Crippen LogP contribution < -0.4 is 5.32 Å². The second kappa shape index (κ2) is 6.17. The fourth-order valence-corrected chi connectivity index (χ4v) is 4.78. The number of hydrogen-bond donors (Lipinski definition) is 1. The molecule has 3 heteroatoms. The van der Waals surface area contributed by atoms with Gasteiger partial charge in [-0.2, -0.15) is 0 Å². The van der Waals surface area contributed by atoms with Crippen LogP contribution in [0.15, 0.2) is 0 Å². The van der Waals surface area contributed by atoms with Crippen LogP contribution in [-0.2, 0) is 4.74 Å². The highest BCUT2D eigenvalue weighted by Gasteiger charge is 2.52. The molecule has 2 aliphatic carbocycles. The minimum Gasteiger partial charge on any atom is -0.385 e. The molecule has 0 bridgehead atoms. The number of nitrogens with zero attached hydrogens (tertiary/aromatic N) is 1. The quantitative estimate of drug-likeness (QED) is 0.843. The number of nitrogens with one attached hydrogen (secondary N) is 1. The Balaban J connectivity index is 1.74. The second-order valence-corrected chi connectivity index (χ2v) is 8.08. The first kappa shape index (κ1) is 15.8. The minimum atomic E-state index is 0.371. The van der Waals surface area contributed by atoms with Crippen molar-refractivity contribution in [2.45, 2.75) is 82.3 Å². The number of hydrogen-bond acceptors (Lipinski definition) is 3. The van der Waals surface area contributed by atoms with Gasteiger partial charge in [0.15, 0.2) is 0 Å². The summed E-state index contributed by atoms with van der Waals surface area (Å²) in [5, 5.41) is 4.01. The average molecular weight is 294 g/mol. The zero-order valence-electron chi connectivity index (χ0n) is 14.3. The summed E-state index contributed by atoms with van der Waals surface area (Å²) in [4.78, 5) is 2.87. The highest BCUT2D eigenvalue weighted by Crippen LogP contribution is 2.47. The molecule has 1 spiro atoms. The van der Waals surface area contributed by atoms with Gasteiger partial charge in [-0.25, -0.2) is 0 Å². The molecule has 122 valence electrons. The summed E-state index contributed by atoms with van der Waals surface area (Å²) in [6.07, 6.45) is 11.0. The fourth-order valence-electron chi connectivity index (χ4n) is 4.78. The van der Waals surface area contributed by atoms with Gasteiger partial charge in [-0.3, -0.25) is 4.90 Å². The lowest BCUT2D eigenvalue weighted by Crippen LogP contribution is -2.71. The highest BCUT2D eigenvalue weighted by atomic mass is 16.5. The van der Waals surface area contributed by atoms with Gasteiger partial charge >= 0.3 is 0 Å². The molecule has 0 aromatic rings. The zero-order valence-corrected chi connectivity index (χ0v) is 14.3. The predicted octanol–water partition coefficient (Wildman–Crippen LogP) is 3.19. The monoisotopic (exact) mass is 294 g/mol. The van der Waals surface area contributed by atoms with Gasteiger partial charge in [0.05, 0.1) is 0 Å². The predicted molar refractivity (Wildman–Crippen MR) is 87.6 cm³/mol. The number of methoxy groups -OCH3 is 1. The van der Waals surface area contributed by atoms with Gasteiger partial charge in [-0.05, 0) is 51.9 Å². The Bertz CT molecular complexity index is 349. The van der Waals surface area contributed by atoms with Crippen molar-refractivity contribution >= 4 is 0 Å². The van der Waals surface area contributed by atoms with E-state index in [1.807, 2.05) is 7.11 Å². The Morgan fingerprint density at radius 3 is 2.57 bits per heavy atom. The molecular weight excluding hydrogens is 260 g/mol. The van der Waals surface area contributed by atoms with E-state index in [1.165, 1.54) is 58.0 Å². The topological polar surface area (TPSA) is 24.5 Å². The third-order valence-corrected chi connectivity index (χ3v) is 6.49. The van der Waals surface area contributed by atoms with Crippen LogP contribution in [0.25, 0.3) is 0 Å². The van der Waals surface area contributed by atoms with Crippen molar-refractivity contribution in [1.82, 2.24) is 10.2 Å². The molecule has 3 fully saturated rings. The van der Waals surface area contributed by atoms with Gasteiger partial charge in [-0.1, -0.05) is 19.3 Å². The normalized spacial score (nSPS) is 35.0. The molecule has 0 amide bonds. The smallest absolute Gasteiger partial charge is 0.0477 e. The van der Waals surface area contributed by atoms with Gasteiger partial charge in [0.1, 0.15) is 0 Å². The van der Waals surface area contributed by atoms with Crippen LogP contribution in [0.2, 0.25) is 0 Å². The zero-order chi connectivity index (χ0) is 14.9. The van der Waals surface area contributed by atoms with E-state index in [4.69, 9.17) is 4.74 Å². The maximum Gasteiger partial charge on any atom is 0.0477 e. The summed E-state index contributed by atoms with van der Waals surface area (Å²) < 4.78 is 5.34. The van der Waals surface area contributed by atoms with Gasteiger partial charge in [0.25, 0.3) is 0 Å². The van der Waals surface area contributed by atoms with E-state index in [1.54, 1.807) is 0 Å². The highest BCUT2D eigenvalue weighted by molar-refractivity contribution is 5.10. The molecule has 1 aliphatic heterocycles. The standard InChI is InChI=1S/C18H34N2O/c1-15(9-12-21-3)20-14-18(10-5-4-6-11-18)19-13-17(20,2)16-7-8-16/h15-16,19H,4-14H2,1-3H3. The van der Waals surface area contributed by atoms with Crippen molar-refractivity contribution in [3.63, 3.8) is 0 Å². The van der Waals surface area contributed by atoms with E-state index in [-0.39, 0.29) is 0 Å². The summed E-state index contributed by atoms with van der Waals surface area (Å²) >= 11 is 0. The molecule has 1 saturated heterocycles. The van der Waals surface area contributed by atoms with Crippen LogP contribution in [0, 0.1) is 5.92 Å². The van der Waals surface area contributed by atoms with Gasteiger partial charge in [-0.15, -0.1) is 0 Å². The van der Waals surface area contributed by atoms with Crippen molar-refractivity contribution in [3.8, 4) is 0 Å². The third kappa shape index (κ3) is 3.16. The number of rotatable bonds is 5.